The van der Waals surface area contributed by atoms with E-state index in [4.69, 9.17) is 0 Å². The molecule has 2 nitrogen and oxygen atoms in total. The average molecular weight is 328 g/mol. The largest absolute Gasteiger partial charge is 0.382 e. The third kappa shape index (κ3) is 1.50. The van der Waals surface area contributed by atoms with E-state index in [1.807, 2.05) is 0 Å². The van der Waals surface area contributed by atoms with Crippen LogP contribution in [0, 0.1) is 0 Å². The molecule has 0 aliphatic heterocycles. The highest BCUT2D eigenvalue weighted by Gasteiger charge is 2.80. The Morgan fingerprint density at radius 1 is 0.870 bits per heavy atom. The first-order valence-corrected chi connectivity index (χ1v) is 6.51. The lowest BCUT2D eigenvalue weighted by Crippen LogP contribution is -2.43. The summed E-state index contributed by atoms with van der Waals surface area (Å²) in [6, 6.07) is 6.49. The van der Waals surface area contributed by atoms with Gasteiger partial charge < -0.3 is 0 Å². The van der Waals surface area contributed by atoms with E-state index in [-0.39, 0.29) is 10.9 Å². The zero-order valence-corrected chi connectivity index (χ0v) is 11.1. The van der Waals surface area contributed by atoms with Gasteiger partial charge in [0, 0.05) is 17.0 Å². The third-order valence-corrected chi connectivity index (χ3v) is 3.99. The number of hydrogen-bond acceptors (Lipinski definition) is 2. The van der Waals surface area contributed by atoms with Crippen molar-refractivity contribution >= 4 is 21.8 Å². The number of nitrogens with zero attached hydrogens (tertiary/aromatic N) is 2. The summed E-state index contributed by atoms with van der Waals surface area (Å²) < 4.78 is 82.2. The molecular formula is C15H6F6N2. The lowest BCUT2D eigenvalue weighted by Gasteiger charge is -2.22. The molecule has 2 heterocycles. The van der Waals surface area contributed by atoms with Crippen LogP contribution in [-0.4, -0.2) is 15.9 Å². The number of benzene rings is 1. The second kappa shape index (κ2) is 3.93. The van der Waals surface area contributed by atoms with Crippen LogP contribution in [0.2, 0.25) is 0 Å². The molecule has 0 amide bonds. The Morgan fingerprint density at radius 2 is 1.61 bits per heavy atom. The maximum absolute atomic E-state index is 13.8. The van der Waals surface area contributed by atoms with Crippen LogP contribution < -0.4 is 0 Å². The van der Waals surface area contributed by atoms with Gasteiger partial charge in [0.15, 0.2) is 0 Å². The maximum atomic E-state index is 13.8. The Balaban J connectivity index is 2.16. The minimum Gasteiger partial charge on any atom is -0.256 e. The van der Waals surface area contributed by atoms with Gasteiger partial charge >= 0.3 is 17.8 Å². The molecular weight excluding hydrogens is 322 g/mol. The van der Waals surface area contributed by atoms with Gasteiger partial charge in [0.2, 0.25) is 0 Å². The predicted molar refractivity (Wildman–Crippen MR) is 69.8 cm³/mol. The second-order valence-electron chi connectivity index (χ2n) is 5.32. The van der Waals surface area contributed by atoms with Crippen LogP contribution in [0.5, 0.6) is 0 Å². The minimum atomic E-state index is -5.53. The van der Waals surface area contributed by atoms with Gasteiger partial charge in [-0.15, -0.1) is 0 Å². The molecule has 1 aromatic carbocycles. The average Bonchev–Trinajstić information content (AvgIpc) is 2.62. The standard InChI is InChI=1S/C15H6F6N2/c16-13(17)9-6-7-3-4-10-8(2-1-5-22-10)11(7)23-12(9)14(18,19)15(13,20)21/h1-6H. The van der Waals surface area contributed by atoms with Gasteiger partial charge in [0.25, 0.3) is 0 Å². The summed E-state index contributed by atoms with van der Waals surface area (Å²) in [5.41, 5.74) is -2.70. The van der Waals surface area contributed by atoms with E-state index in [2.05, 4.69) is 9.97 Å². The minimum absolute atomic E-state index is 0.0671. The van der Waals surface area contributed by atoms with Crippen molar-refractivity contribution < 1.29 is 26.3 Å². The number of alkyl halides is 6. The van der Waals surface area contributed by atoms with E-state index in [0.717, 1.165) is 0 Å². The Kier molecular flexibility index (Phi) is 2.43. The number of pyridine rings is 2. The molecule has 4 rings (SSSR count). The molecule has 3 aromatic rings. The maximum Gasteiger partial charge on any atom is 0.382 e. The van der Waals surface area contributed by atoms with Crippen LogP contribution in [-0.2, 0) is 11.8 Å². The SMILES string of the molecule is FC1(F)c2cc3ccc4ncccc4c3nc2C(F)(F)C1(F)F. The van der Waals surface area contributed by atoms with Crippen LogP contribution in [0.3, 0.4) is 0 Å². The summed E-state index contributed by atoms with van der Waals surface area (Å²) in [6.45, 7) is 0. The van der Waals surface area contributed by atoms with Gasteiger partial charge in [-0.1, -0.05) is 6.07 Å². The molecule has 0 N–H and O–H groups in total. The lowest BCUT2D eigenvalue weighted by molar-refractivity contribution is -0.303. The highest BCUT2D eigenvalue weighted by Crippen LogP contribution is 2.62. The van der Waals surface area contributed by atoms with E-state index in [1.165, 1.54) is 30.5 Å². The second-order valence-corrected chi connectivity index (χ2v) is 5.32. The van der Waals surface area contributed by atoms with Crippen molar-refractivity contribution in [2.24, 2.45) is 0 Å². The van der Waals surface area contributed by atoms with Gasteiger partial charge in [-0.2, -0.15) is 26.3 Å². The summed E-state index contributed by atoms with van der Waals surface area (Å²) in [5, 5.41) is 0.388. The lowest BCUT2D eigenvalue weighted by atomic mass is 10.1. The third-order valence-electron chi connectivity index (χ3n) is 3.99. The zero-order valence-electron chi connectivity index (χ0n) is 11.1. The first-order valence-electron chi connectivity index (χ1n) is 6.51. The number of rotatable bonds is 0. The van der Waals surface area contributed by atoms with Crippen LogP contribution in [0.1, 0.15) is 11.3 Å². The van der Waals surface area contributed by atoms with Crippen molar-refractivity contribution in [2.75, 3.05) is 0 Å². The van der Waals surface area contributed by atoms with Gasteiger partial charge in [0.05, 0.1) is 16.6 Å². The molecule has 0 saturated carbocycles. The molecule has 0 saturated heterocycles. The fourth-order valence-corrected chi connectivity index (χ4v) is 2.78. The summed E-state index contributed by atoms with van der Waals surface area (Å²) in [5.74, 6) is -15.6. The predicted octanol–water partition coefficient (Wildman–Crippen LogP) is 4.62. The molecule has 1 aliphatic rings. The van der Waals surface area contributed by atoms with E-state index in [1.54, 1.807) is 0 Å². The molecule has 23 heavy (non-hydrogen) atoms. The molecule has 0 atom stereocenters. The van der Waals surface area contributed by atoms with Crippen molar-refractivity contribution in [1.29, 1.82) is 0 Å². The Bertz CT molecular complexity index is 967. The van der Waals surface area contributed by atoms with Gasteiger partial charge in [-0.25, -0.2) is 4.98 Å². The van der Waals surface area contributed by atoms with E-state index in [9.17, 15) is 26.3 Å². The zero-order chi connectivity index (χ0) is 16.6. The Morgan fingerprint density at radius 3 is 2.35 bits per heavy atom. The molecule has 8 heteroatoms. The number of aromatic nitrogens is 2. The fraction of sp³-hybridized carbons (Fsp3) is 0.200. The van der Waals surface area contributed by atoms with Gasteiger partial charge in [-0.05, 0) is 24.3 Å². The van der Waals surface area contributed by atoms with Gasteiger partial charge in [0.1, 0.15) is 5.69 Å². The number of halogens is 6. The first-order chi connectivity index (χ1) is 10.7. The number of hydrogen-bond donors (Lipinski definition) is 0. The number of fused-ring (bicyclic) bond motifs is 4. The quantitative estimate of drug-likeness (QED) is 0.445. The Hall–Kier alpha value is -2.38. The normalized spacial score (nSPS) is 20.8. The molecule has 0 fully saturated rings. The summed E-state index contributed by atoms with van der Waals surface area (Å²) in [7, 11) is 0. The highest BCUT2D eigenvalue weighted by molar-refractivity contribution is 6.03. The molecule has 0 bridgehead atoms. The van der Waals surface area contributed by atoms with Crippen molar-refractivity contribution in [3.63, 3.8) is 0 Å². The molecule has 0 spiro atoms. The van der Waals surface area contributed by atoms with Crippen LogP contribution in [0.15, 0.2) is 36.5 Å². The molecule has 0 unspecified atom stereocenters. The van der Waals surface area contributed by atoms with Crippen LogP contribution >= 0.6 is 0 Å². The van der Waals surface area contributed by atoms with Crippen LogP contribution in [0.4, 0.5) is 26.3 Å². The molecule has 118 valence electrons. The van der Waals surface area contributed by atoms with Crippen molar-refractivity contribution in [3.05, 3.63) is 47.8 Å². The monoisotopic (exact) mass is 328 g/mol. The molecule has 0 radical (unpaired) electrons. The molecule has 1 aliphatic carbocycles. The summed E-state index contributed by atoms with van der Waals surface area (Å²) >= 11 is 0. The summed E-state index contributed by atoms with van der Waals surface area (Å²) in [4.78, 5) is 7.47. The summed E-state index contributed by atoms with van der Waals surface area (Å²) in [6.07, 6.45) is 1.46. The Labute approximate surface area is 124 Å². The van der Waals surface area contributed by atoms with Crippen molar-refractivity contribution in [2.45, 2.75) is 17.8 Å². The first kappa shape index (κ1) is 14.2. The topological polar surface area (TPSA) is 25.8 Å². The van der Waals surface area contributed by atoms with Crippen LogP contribution in [0.25, 0.3) is 21.8 Å². The fourth-order valence-electron chi connectivity index (χ4n) is 2.78. The van der Waals surface area contributed by atoms with E-state index in [0.29, 0.717) is 17.0 Å². The highest BCUT2D eigenvalue weighted by atomic mass is 19.3. The van der Waals surface area contributed by atoms with Crippen molar-refractivity contribution in [3.8, 4) is 0 Å². The van der Waals surface area contributed by atoms with Crippen molar-refractivity contribution in [1.82, 2.24) is 9.97 Å². The van der Waals surface area contributed by atoms with Gasteiger partial charge in [-0.3, -0.25) is 4.98 Å². The molecule has 2 aromatic heterocycles. The van der Waals surface area contributed by atoms with E-state index >= 15 is 0 Å². The smallest absolute Gasteiger partial charge is 0.256 e. The van der Waals surface area contributed by atoms with E-state index < -0.39 is 29.0 Å².